The van der Waals surface area contributed by atoms with Gasteiger partial charge in [-0.2, -0.15) is 0 Å². The molecule has 2 aromatic rings. The zero-order chi connectivity index (χ0) is 19.3. The SMILES string of the molecule is O=C(O)COc1cc(Cl)ccc1C(=O)N(Cc1ccccc1)C(F)(F)F. The molecule has 0 aliphatic heterocycles. The standard InChI is InChI=1S/C17H13ClF3NO4/c18-12-6-7-13(14(8-12)26-10-15(23)24)16(25)22(17(19,20)21)9-11-4-2-1-3-5-11/h1-8H,9-10H2,(H,23,24). The predicted molar refractivity (Wildman–Crippen MR) is 87.0 cm³/mol. The second kappa shape index (κ2) is 8.09. The van der Waals surface area contributed by atoms with Crippen molar-refractivity contribution in [1.29, 1.82) is 0 Å². The van der Waals surface area contributed by atoms with Gasteiger partial charge in [0.1, 0.15) is 5.75 Å². The molecule has 0 unspecified atom stereocenters. The van der Waals surface area contributed by atoms with Crippen LogP contribution in [-0.4, -0.2) is 34.8 Å². The number of carboxylic acids is 1. The molecule has 2 rings (SSSR count). The van der Waals surface area contributed by atoms with Crippen LogP contribution >= 0.6 is 11.6 Å². The number of hydrogen-bond donors (Lipinski definition) is 1. The molecule has 0 aliphatic rings. The number of ether oxygens (including phenoxy) is 1. The second-order valence-corrected chi connectivity index (χ2v) is 5.60. The van der Waals surface area contributed by atoms with E-state index in [1.165, 1.54) is 18.2 Å². The van der Waals surface area contributed by atoms with Gasteiger partial charge in [0.2, 0.25) is 0 Å². The summed E-state index contributed by atoms with van der Waals surface area (Å²) in [4.78, 5) is 22.9. The zero-order valence-electron chi connectivity index (χ0n) is 13.2. The van der Waals surface area contributed by atoms with Crippen molar-refractivity contribution in [3.05, 3.63) is 64.7 Å². The molecule has 0 aromatic heterocycles. The van der Waals surface area contributed by atoms with Crippen LogP contribution in [0.25, 0.3) is 0 Å². The third kappa shape index (κ3) is 5.13. The van der Waals surface area contributed by atoms with Crippen molar-refractivity contribution in [2.24, 2.45) is 0 Å². The number of amides is 1. The summed E-state index contributed by atoms with van der Waals surface area (Å²) in [7, 11) is 0. The number of hydrogen-bond acceptors (Lipinski definition) is 3. The molecule has 0 bridgehead atoms. The highest BCUT2D eigenvalue weighted by atomic mass is 35.5. The quantitative estimate of drug-likeness (QED) is 0.762. The van der Waals surface area contributed by atoms with Crippen LogP contribution in [0, 0.1) is 0 Å². The van der Waals surface area contributed by atoms with Crippen molar-refractivity contribution in [3.8, 4) is 5.75 Å². The number of carbonyl (C=O) groups excluding carboxylic acids is 1. The lowest BCUT2D eigenvalue weighted by Gasteiger charge is -2.26. The Balaban J connectivity index is 2.37. The summed E-state index contributed by atoms with van der Waals surface area (Å²) in [5.41, 5.74) is -0.163. The molecule has 1 amide bonds. The summed E-state index contributed by atoms with van der Waals surface area (Å²) >= 11 is 5.76. The van der Waals surface area contributed by atoms with Crippen LogP contribution in [0.1, 0.15) is 15.9 Å². The van der Waals surface area contributed by atoms with Gasteiger partial charge in [0.05, 0.1) is 12.1 Å². The summed E-state index contributed by atoms with van der Waals surface area (Å²) in [6.07, 6.45) is -4.95. The molecule has 9 heteroatoms. The van der Waals surface area contributed by atoms with Crippen LogP contribution in [-0.2, 0) is 11.3 Å². The van der Waals surface area contributed by atoms with Gasteiger partial charge in [0, 0.05) is 5.02 Å². The lowest BCUT2D eigenvalue weighted by molar-refractivity contribution is -0.228. The fourth-order valence-corrected chi connectivity index (χ4v) is 2.28. The summed E-state index contributed by atoms with van der Waals surface area (Å²) in [5.74, 6) is -3.06. The largest absolute Gasteiger partial charge is 0.487 e. The molecule has 0 radical (unpaired) electrons. The zero-order valence-corrected chi connectivity index (χ0v) is 13.9. The fraction of sp³-hybridized carbons (Fsp3) is 0.176. The number of nitrogens with zero attached hydrogens (tertiary/aromatic N) is 1. The molecule has 0 heterocycles. The summed E-state index contributed by atoms with van der Waals surface area (Å²) in [6, 6.07) is 11.0. The Hall–Kier alpha value is -2.74. The first-order valence-corrected chi connectivity index (χ1v) is 7.63. The molecule has 26 heavy (non-hydrogen) atoms. The van der Waals surface area contributed by atoms with Crippen LogP contribution in [0.15, 0.2) is 48.5 Å². The first-order chi connectivity index (χ1) is 12.2. The second-order valence-electron chi connectivity index (χ2n) is 5.17. The summed E-state index contributed by atoms with van der Waals surface area (Å²) in [5, 5.41) is 8.76. The van der Waals surface area contributed by atoms with Crippen LogP contribution < -0.4 is 4.74 Å². The van der Waals surface area contributed by atoms with Gasteiger partial charge in [0.25, 0.3) is 5.91 Å². The molecule has 138 valence electrons. The number of alkyl halides is 3. The van der Waals surface area contributed by atoms with Gasteiger partial charge in [0.15, 0.2) is 6.61 Å². The molecule has 1 N–H and O–H groups in total. The third-order valence-corrected chi connectivity index (χ3v) is 3.50. The van der Waals surface area contributed by atoms with E-state index in [4.69, 9.17) is 21.4 Å². The molecular weight excluding hydrogens is 375 g/mol. The molecule has 0 saturated carbocycles. The third-order valence-electron chi connectivity index (χ3n) is 3.26. The number of benzene rings is 2. The molecule has 2 aromatic carbocycles. The number of halogens is 4. The molecule has 0 saturated heterocycles. The summed E-state index contributed by atoms with van der Waals surface area (Å²) < 4.78 is 45.1. The average Bonchev–Trinajstić information content (AvgIpc) is 2.57. The van der Waals surface area contributed by atoms with Crippen LogP contribution in [0.3, 0.4) is 0 Å². The van der Waals surface area contributed by atoms with Gasteiger partial charge < -0.3 is 9.84 Å². The van der Waals surface area contributed by atoms with E-state index >= 15 is 0 Å². The van der Waals surface area contributed by atoms with Crippen molar-refractivity contribution in [1.82, 2.24) is 4.90 Å². The highest BCUT2D eigenvalue weighted by Crippen LogP contribution is 2.30. The lowest BCUT2D eigenvalue weighted by atomic mass is 10.1. The Morgan fingerprint density at radius 2 is 1.77 bits per heavy atom. The number of aliphatic carboxylic acids is 1. The normalized spacial score (nSPS) is 11.1. The Bertz CT molecular complexity index is 796. The number of rotatable bonds is 6. The van der Waals surface area contributed by atoms with Crippen molar-refractivity contribution in [3.63, 3.8) is 0 Å². The van der Waals surface area contributed by atoms with Crippen LogP contribution in [0.4, 0.5) is 13.2 Å². The van der Waals surface area contributed by atoms with Crippen molar-refractivity contribution >= 4 is 23.5 Å². The first kappa shape index (κ1) is 19.6. The van der Waals surface area contributed by atoms with Gasteiger partial charge in [-0.25, -0.2) is 9.69 Å². The van der Waals surface area contributed by atoms with Crippen LogP contribution in [0.5, 0.6) is 5.75 Å². The number of carbonyl (C=O) groups is 2. The van der Waals surface area contributed by atoms with Gasteiger partial charge in [-0.1, -0.05) is 41.9 Å². The maximum Gasteiger partial charge on any atom is 0.487 e. The van der Waals surface area contributed by atoms with Crippen molar-refractivity contribution in [2.75, 3.05) is 6.61 Å². The molecule has 0 spiro atoms. The average molecular weight is 388 g/mol. The lowest BCUT2D eigenvalue weighted by Crippen LogP contribution is -2.42. The molecule has 0 fully saturated rings. The molecule has 5 nitrogen and oxygen atoms in total. The van der Waals surface area contributed by atoms with Crippen molar-refractivity contribution < 1.29 is 32.6 Å². The molecule has 0 aliphatic carbocycles. The van der Waals surface area contributed by atoms with Gasteiger partial charge >= 0.3 is 12.3 Å². The van der Waals surface area contributed by atoms with Crippen LogP contribution in [0.2, 0.25) is 5.02 Å². The maximum absolute atomic E-state index is 13.4. The Morgan fingerprint density at radius 1 is 1.12 bits per heavy atom. The Labute approximate surface area is 151 Å². The molecular formula is C17H13ClF3NO4. The number of carboxylic acid groups (broad SMARTS) is 1. The maximum atomic E-state index is 13.4. The van der Waals surface area contributed by atoms with Crippen molar-refractivity contribution in [2.45, 2.75) is 12.8 Å². The molecule has 0 atom stereocenters. The van der Waals surface area contributed by atoms with E-state index < -0.39 is 36.9 Å². The van der Waals surface area contributed by atoms with E-state index in [1.807, 2.05) is 0 Å². The van der Waals surface area contributed by atoms with E-state index in [1.54, 1.807) is 18.2 Å². The predicted octanol–water partition coefficient (Wildman–Crippen LogP) is 3.97. The van der Waals surface area contributed by atoms with E-state index in [2.05, 4.69) is 0 Å². The van der Waals surface area contributed by atoms with E-state index in [0.717, 1.165) is 12.1 Å². The highest BCUT2D eigenvalue weighted by Gasteiger charge is 2.42. The van der Waals surface area contributed by atoms with E-state index in [-0.39, 0.29) is 21.2 Å². The van der Waals surface area contributed by atoms with E-state index in [9.17, 15) is 22.8 Å². The first-order valence-electron chi connectivity index (χ1n) is 7.25. The Kier molecular flexibility index (Phi) is 6.10. The minimum atomic E-state index is -4.95. The Morgan fingerprint density at radius 3 is 2.35 bits per heavy atom. The monoisotopic (exact) mass is 387 g/mol. The van der Waals surface area contributed by atoms with E-state index in [0.29, 0.717) is 0 Å². The smallest absolute Gasteiger partial charge is 0.481 e. The minimum absolute atomic E-state index is 0.0866. The summed E-state index contributed by atoms with van der Waals surface area (Å²) in [6.45, 7) is -1.53. The minimum Gasteiger partial charge on any atom is -0.481 e. The fourth-order valence-electron chi connectivity index (χ4n) is 2.12. The highest BCUT2D eigenvalue weighted by molar-refractivity contribution is 6.30. The topological polar surface area (TPSA) is 66.8 Å². The van der Waals surface area contributed by atoms with Gasteiger partial charge in [-0.15, -0.1) is 13.2 Å². The van der Waals surface area contributed by atoms with Gasteiger partial charge in [-0.3, -0.25) is 4.79 Å². The van der Waals surface area contributed by atoms with Gasteiger partial charge in [-0.05, 0) is 23.8 Å².